The number of nitrogens with zero attached hydrogens (tertiary/aromatic N) is 4. The van der Waals surface area contributed by atoms with E-state index in [1.54, 1.807) is 47.5 Å². The van der Waals surface area contributed by atoms with Gasteiger partial charge in [-0.3, -0.25) is 0 Å². The highest BCUT2D eigenvalue weighted by Crippen LogP contribution is 2.28. The predicted octanol–water partition coefficient (Wildman–Crippen LogP) is 4.02. The molecule has 4 rings (SSSR count). The topological polar surface area (TPSA) is 82.8 Å². The van der Waals surface area contributed by atoms with Crippen molar-refractivity contribution in [2.75, 3.05) is 5.73 Å². The summed E-state index contributed by atoms with van der Waals surface area (Å²) in [5, 5.41) is 6.14. The van der Waals surface area contributed by atoms with Crippen molar-refractivity contribution in [1.29, 1.82) is 0 Å². The van der Waals surface area contributed by atoms with Crippen LogP contribution in [0.3, 0.4) is 0 Å². The lowest BCUT2D eigenvalue weighted by Gasteiger charge is -2.08. The van der Waals surface area contributed by atoms with Crippen LogP contribution in [0.1, 0.15) is 5.56 Å². The summed E-state index contributed by atoms with van der Waals surface area (Å²) >= 11 is 12.5. The van der Waals surface area contributed by atoms with Gasteiger partial charge in [-0.1, -0.05) is 29.3 Å². The number of furan rings is 1. The van der Waals surface area contributed by atoms with Gasteiger partial charge in [-0.2, -0.15) is 5.10 Å². The molecule has 120 valence electrons. The van der Waals surface area contributed by atoms with Crippen molar-refractivity contribution in [1.82, 2.24) is 19.7 Å². The summed E-state index contributed by atoms with van der Waals surface area (Å²) in [5.74, 6) is 1.27. The molecule has 0 bridgehead atoms. The first-order valence-electron chi connectivity index (χ1n) is 7.09. The zero-order chi connectivity index (χ0) is 16.7. The molecule has 24 heavy (non-hydrogen) atoms. The fourth-order valence-corrected chi connectivity index (χ4v) is 2.96. The molecule has 0 atom stereocenters. The fourth-order valence-electron chi connectivity index (χ4n) is 2.44. The standard InChI is InChI=1S/C16H11Cl2N5O/c17-11-3-1-4-12(18)10(11)8-23-16-9(7-20-23)14(19)21-15(22-16)13-5-2-6-24-13/h1-7H,8H2,(H2,19,21,22). The summed E-state index contributed by atoms with van der Waals surface area (Å²) in [6, 6.07) is 8.90. The highest BCUT2D eigenvalue weighted by molar-refractivity contribution is 6.36. The summed E-state index contributed by atoms with van der Waals surface area (Å²) in [4.78, 5) is 8.79. The van der Waals surface area contributed by atoms with Crippen molar-refractivity contribution in [2.24, 2.45) is 0 Å². The molecule has 8 heteroatoms. The van der Waals surface area contributed by atoms with Gasteiger partial charge in [0.15, 0.2) is 17.2 Å². The second kappa shape index (κ2) is 5.81. The molecule has 0 amide bonds. The summed E-state index contributed by atoms with van der Waals surface area (Å²) in [6.45, 7) is 0.371. The Morgan fingerprint density at radius 2 is 1.88 bits per heavy atom. The van der Waals surface area contributed by atoms with Crippen LogP contribution in [0.25, 0.3) is 22.6 Å². The van der Waals surface area contributed by atoms with E-state index in [9.17, 15) is 0 Å². The van der Waals surface area contributed by atoms with E-state index < -0.39 is 0 Å². The molecular weight excluding hydrogens is 349 g/mol. The molecule has 0 fully saturated rings. The van der Waals surface area contributed by atoms with E-state index in [4.69, 9.17) is 33.4 Å². The Hall–Kier alpha value is -2.57. The molecule has 4 aromatic rings. The van der Waals surface area contributed by atoms with Gasteiger partial charge in [-0.05, 0) is 24.3 Å². The van der Waals surface area contributed by atoms with Gasteiger partial charge in [0.25, 0.3) is 0 Å². The van der Waals surface area contributed by atoms with Gasteiger partial charge in [0, 0.05) is 15.6 Å². The molecule has 0 radical (unpaired) electrons. The molecule has 6 nitrogen and oxygen atoms in total. The van der Waals surface area contributed by atoms with Gasteiger partial charge < -0.3 is 10.2 Å². The predicted molar refractivity (Wildman–Crippen MR) is 93.0 cm³/mol. The maximum atomic E-state index is 6.24. The number of hydrogen-bond donors (Lipinski definition) is 1. The van der Waals surface area contributed by atoms with Crippen LogP contribution >= 0.6 is 23.2 Å². The van der Waals surface area contributed by atoms with E-state index in [2.05, 4.69) is 15.1 Å². The van der Waals surface area contributed by atoms with Crippen molar-refractivity contribution in [3.63, 3.8) is 0 Å². The smallest absolute Gasteiger partial charge is 0.199 e. The highest BCUT2D eigenvalue weighted by atomic mass is 35.5. The zero-order valence-electron chi connectivity index (χ0n) is 12.3. The molecule has 0 aliphatic rings. The minimum Gasteiger partial charge on any atom is -0.461 e. The van der Waals surface area contributed by atoms with E-state index in [1.165, 1.54) is 0 Å². The third kappa shape index (κ3) is 2.50. The number of rotatable bonds is 3. The molecule has 0 saturated heterocycles. The van der Waals surface area contributed by atoms with Crippen molar-refractivity contribution in [3.05, 3.63) is 58.4 Å². The largest absolute Gasteiger partial charge is 0.461 e. The molecule has 2 N–H and O–H groups in total. The lowest BCUT2D eigenvalue weighted by Crippen LogP contribution is -2.05. The number of nitrogen functional groups attached to an aromatic ring is 1. The second-order valence-electron chi connectivity index (χ2n) is 5.15. The molecule has 0 saturated carbocycles. The van der Waals surface area contributed by atoms with E-state index in [0.717, 1.165) is 5.56 Å². The molecule has 0 aliphatic heterocycles. The van der Waals surface area contributed by atoms with Crippen LogP contribution in [0, 0.1) is 0 Å². The lowest BCUT2D eigenvalue weighted by atomic mass is 10.2. The summed E-state index contributed by atoms with van der Waals surface area (Å²) < 4.78 is 7.03. The molecule has 1 aromatic carbocycles. The zero-order valence-corrected chi connectivity index (χ0v) is 13.8. The Balaban J connectivity index is 1.85. The van der Waals surface area contributed by atoms with Crippen molar-refractivity contribution in [3.8, 4) is 11.6 Å². The third-order valence-corrected chi connectivity index (χ3v) is 4.35. The molecule has 3 heterocycles. The number of nitrogens with two attached hydrogens (primary N) is 1. The first-order chi connectivity index (χ1) is 11.6. The van der Waals surface area contributed by atoms with Gasteiger partial charge in [0.05, 0.1) is 24.4 Å². The van der Waals surface area contributed by atoms with Gasteiger partial charge in [0.2, 0.25) is 0 Å². The van der Waals surface area contributed by atoms with Gasteiger partial charge in [0.1, 0.15) is 5.82 Å². The number of halogens is 2. The van der Waals surface area contributed by atoms with Crippen molar-refractivity contribution < 1.29 is 4.42 Å². The Kier molecular flexibility index (Phi) is 3.63. The number of fused-ring (bicyclic) bond motifs is 1. The monoisotopic (exact) mass is 359 g/mol. The highest BCUT2D eigenvalue weighted by Gasteiger charge is 2.15. The Bertz CT molecular complexity index is 1010. The Morgan fingerprint density at radius 3 is 2.58 bits per heavy atom. The fraction of sp³-hybridized carbons (Fsp3) is 0.0625. The Morgan fingerprint density at radius 1 is 1.08 bits per heavy atom. The first kappa shape index (κ1) is 15.0. The SMILES string of the molecule is Nc1nc(-c2ccco2)nc2c1cnn2Cc1c(Cl)cccc1Cl. The minimum absolute atomic E-state index is 0.336. The van der Waals surface area contributed by atoms with Crippen LogP contribution in [0.15, 0.2) is 47.2 Å². The summed E-state index contributed by atoms with van der Waals surface area (Å²) in [6.07, 6.45) is 3.18. The van der Waals surface area contributed by atoms with Crippen molar-refractivity contribution in [2.45, 2.75) is 6.54 Å². The average molecular weight is 360 g/mol. The number of hydrogen-bond acceptors (Lipinski definition) is 5. The summed E-state index contributed by atoms with van der Waals surface area (Å²) in [5.41, 5.74) is 7.39. The summed E-state index contributed by atoms with van der Waals surface area (Å²) in [7, 11) is 0. The Labute approximate surface area is 146 Å². The van der Waals surface area contributed by atoms with Gasteiger partial charge in [-0.15, -0.1) is 0 Å². The third-order valence-electron chi connectivity index (χ3n) is 3.64. The van der Waals surface area contributed by atoms with Crippen LogP contribution in [0.5, 0.6) is 0 Å². The second-order valence-corrected chi connectivity index (χ2v) is 5.96. The van der Waals surface area contributed by atoms with Gasteiger partial charge in [-0.25, -0.2) is 14.6 Å². The number of benzene rings is 1. The van der Waals surface area contributed by atoms with E-state index in [-0.39, 0.29) is 0 Å². The molecule has 0 unspecified atom stereocenters. The molecule has 3 aromatic heterocycles. The van der Waals surface area contributed by atoms with Gasteiger partial charge >= 0.3 is 0 Å². The average Bonchev–Trinajstić information content (AvgIpc) is 3.21. The normalized spacial score (nSPS) is 11.2. The number of anilines is 1. The minimum atomic E-state index is 0.336. The maximum Gasteiger partial charge on any atom is 0.199 e. The quantitative estimate of drug-likeness (QED) is 0.597. The first-order valence-corrected chi connectivity index (χ1v) is 7.85. The van der Waals surface area contributed by atoms with Crippen LogP contribution in [-0.4, -0.2) is 19.7 Å². The molecule has 0 aliphatic carbocycles. The lowest BCUT2D eigenvalue weighted by molar-refractivity contribution is 0.577. The maximum absolute atomic E-state index is 6.24. The number of aromatic nitrogens is 4. The van der Waals surface area contributed by atoms with Crippen LogP contribution in [0.2, 0.25) is 10.0 Å². The van der Waals surface area contributed by atoms with Crippen LogP contribution in [0.4, 0.5) is 5.82 Å². The van der Waals surface area contributed by atoms with Crippen LogP contribution in [-0.2, 0) is 6.54 Å². The van der Waals surface area contributed by atoms with E-state index in [1.807, 2.05) is 0 Å². The molecular formula is C16H11Cl2N5O. The van der Waals surface area contributed by atoms with Crippen molar-refractivity contribution >= 4 is 40.1 Å². The van der Waals surface area contributed by atoms with Crippen LogP contribution < -0.4 is 5.73 Å². The molecule has 0 spiro atoms. The van der Waals surface area contributed by atoms with E-state index >= 15 is 0 Å². The van der Waals surface area contributed by atoms with E-state index in [0.29, 0.717) is 45.0 Å².